The molecule has 20 heavy (non-hydrogen) atoms. The quantitative estimate of drug-likeness (QED) is 0.661. The summed E-state index contributed by atoms with van der Waals surface area (Å²) in [5.41, 5.74) is -0.698. The number of carbonyl (C=O) groups excluding carboxylic acids is 2. The molecule has 1 fully saturated rings. The first kappa shape index (κ1) is 17.0. The van der Waals surface area contributed by atoms with Crippen molar-refractivity contribution in [2.45, 2.75) is 77.7 Å². The molecule has 4 nitrogen and oxygen atoms in total. The van der Waals surface area contributed by atoms with Crippen LogP contribution < -0.4 is 5.32 Å². The smallest absolute Gasteiger partial charge is 0.245 e. The minimum atomic E-state index is -0.698. The normalized spacial score (nSPS) is 18.2. The van der Waals surface area contributed by atoms with Crippen LogP contribution in [0.15, 0.2) is 0 Å². The summed E-state index contributed by atoms with van der Waals surface area (Å²) < 4.78 is 0. The van der Waals surface area contributed by atoms with Crippen LogP contribution in [0.4, 0.5) is 0 Å². The lowest BCUT2D eigenvalue weighted by atomic mass is 9.98. The molecule has 0 aliphatic carbocycles. The van der Waals surface area contributed by atoms with E-state index in [0.29, 0.717) is 6.54 Å². The Balaban J connectivity index is 2.20. The van der Waals surface area contributed by atoms with E-state index in [4.69, 9.17) is 0 Å². The lowest BCUT2D eigenvalue weighted by molar-refractivity contribution is -0.151. The Hall–Kier alpha value is -1.06. The molecule has 116 valence electrons. The van der Waals surface area contributed by atoms with Gasteiger partial charge < -0.3 is 10.2 Å². The fourth-order valence-electron chi connectivity index (χ4n) is 2.71. The first-order valence-corrected chi connectivity index (χ1v) is 8.09. The molecule has 0 aromatic heterocycles. The summed E-state index contributed by atoms with van der Waals surface area (Å²) in [4.78, 5) is 25.4. The van der Waals surface area contributed by atoms with Crippen molar-refractivity contribution in [1.29, 1.82) is 0 Å². The van der Waals surface area contributed by atoms with Gasteiger partial charge in [0.2, 0.25) is 11.8 Å². The highest BCUT2D eigenvalue weighted by Crippen LogP contribution is 2.19. The molecule has 1 aliphatic heterocycles. The number of amides is 2. The van der Waals surface area contributed by atoms with Gasteiger partial charge in [-0.25, -0.2) is 0 Å². The highest BCUT2D eigenvalue weighted by molar-refractivity contribution is 5.97. The van der Waals surface area contributed by atoms with Crippen LogP contribution in [0.1, 0.15) is 72.1 Å². The van der Waals surface area contributed by atoms with Crippen LogP contribution in [0.25, 0.3) is 0 Å². The molecule has 0 aromatic rings. The lowest BCUT2D eigenvalue weighted by Gasteiger charge is -2.41. The van der Waals surface area contributed by atoms with Crippen molar-refractivity contribution in [3.8, 4) is 0 Å². The van der Waals surface area contributed by atoms with E-state index in [1.807, 2.05) is 13.8 Å². The van der Waals surface area contributed by atoms with Gasteiger partial charge in [0.15, 0.2) is 0 Å². The van der Waals surface area contributed by atoms with Crippen molar-refractivity contribution in [3.05, 3.63) is 0 Å². The van der Waals surface area contributed by atoms with E-state index in [1.165, 1.54) is 38.5 Å². The topological polar surface area (TPSA) is 49.4 Å². The van der Waals surface area contributed by atoms with E-state index in [-0.39, 0.29) is 18.4 Å². The summed E-state index contributed by atoms with van der Waals surface area (Å²) in [6.07, 6.45) is 9.96. The van der Waals surface area contributed by atoms with Gasteiger partial charge in [-0.3, -0.25) is 9.59 Å². The largest absolute Gasteiger partial charge is 0.345 e. The highest BCUT2D eigenvalue weighted by atomic mass is 16.2. The molecule has 1 aliphatic rings. The molecule has 0 saturated carbocycles. The second-order valence-corrected chi connectivity index (χ2v) is 6.26. The summed E-state index contributed by atoms with van der Waals surface area (Å²) in [6, 6.07) is 0. The Labute approximate surface area is 123 Å². The number of piperazine rings is 1. The summed E-state index contributed by atoms with van der Waals surface area (Å²) in [5.74, 6) is -0.00536. The number of rotatable bonds is 9. The Bertz CT molecular complexity index is 326. The minimum Gasteiger partial charge on any atom is -0.345 e. The predicted octanol–water partition coefficient (Wildman–Crippen LogP) is 2.86. The predicted molar refractivity (Wildman–Crippen MR) is 81.4 cm³/mol. The Morgan fingerprint density at radius 3 is 2.15 bits per heavy atom. The standard InChI is InChI=1S/C16H30N2O2/c1-4-5-6-7-8-9-10-11-12-18-14(19)13-17-15(20)16(18,2)3/h4-13H2,1-3H3,(H,17,20). The van der Waals surface area contributed by atoms with Crippen LogP contribution in [0.3, 0.4) is 0 Å². The molecule has 0 unspecified atom stereocenters. The molecule has 1 heterocycles. The third kappa shape index (κ3) is 4.80. The molecular weight excluding hydrogens is 252 g/mol. The molecule has 4 heteroatoms. The Kier molecular flexibility index (Phi) is 7.03. The SMILES string of the molecule is CCCCCCCCCCN1C(=O)CNC(=O)C1(C)C. The molecule has 1 N–H and O–H groups in total. The molecule has 0 atom stereocenters. The van der Waals surface area contributed by atoms with Gasteiger partial charge in [0, 0.05) is 6.54 Å². The van der Waals surface area contributed by atoms with E-state index in [9.17, 15) is 9.59 Å². The molecule has 0 aromatic carbocycles. The van der Waals surface area contributed by atoms with Gasteiger partial charge >= 0.3 is 0 Å². The first-order chi connectivity index (χ1) is 9.50. The highest BCUT2D eigenvalue weighted by Gasteiger charge is 2.40. The second kappa shape index (κ2) is 8.28. The van der Waals surface area contributed by atoms with Gasteiger partial charge in [0.05, 0.1) is 6.54 Å². The van der Waals surface area contributed by atoms with Gasteiger partial charge in [-0.2, -0.15) is 0 Å². The number of hydrogen-bond acceptors (Lipinski definition) is 2. The molecular formula is C16H30N2O2. The lowest BCUT2D eigenvalue weighted by Crippen LogP contribution is -2.64. The number of hydrogen-bond donors (Lipinski definition) is 1. The number of carbonyl (C=O) groups is 2. The molecule has 0 spiro atoms. The van der Waals surface area contributed by atoms with Crippen molar-refractivity contribution in [2.24, 2.45) is 0 Å². The van der Waals surface area contributed by atoms with Gasteiger partial charge in [-0.1, -0.05) is 51.9 Å². The van der Waals surface area contributed by atoms with Crippen molar-refractivity contribution in [3.63, 3.8) is 0 Å². The van der Waals surface area contributed by atoms with Crippen molar-refractivity contribution in [1.82, 2.24) is 10.2 Å². The van der Waals surface area contributed by atoms with E-state index < -0.39 is 5.54 Å². The molecule has 0 bridgehead atoms. The molecule has 1 saturated heterocycles. The van der Waals surface area contributed by atoms with Crippen molar-refractivity contribution >= 4 is 11.8 Å². The summed E-state index contributed by atoms with van der Waals surface area (Å²) in [5, 5.41) is 2.65. The molecule has 0 radical (unpaired) electrons. The van der Waals surface area contributed by atoms with E-state index >= 15 is 0 Å². The zero-order valence-electron chi connectivity index (χ0n) is 13.3. The molecule has 1 rings (SSSR count). The zero-order valence-corrected chi connectivity index (χ0v) is 13.3. The average molecular weight is 282 g/mol. The molecule has 2 amide bonds. The average Bonchev–Trinajstić information content (AvgIpc) is 2.41. The van der Waals surface area contributed by atoms with E-state index in [1.54, 1.807) is 4.90 Å². The van der Waals surface area contributed by atoms with E-state index in [2.05, 4.69) is 12.2 Å². The zero-order chi connectivity index (χ0) is 15.0. The van der Waals surface area contributed by atoms with Crippen LogP contribution in [-0.2, 0) is 9.59 Å². The Morgan fingerprint density at radius 1 is 1.00 bits per heavy atom. The van der Waals surface area contributed by atoms with Gasteiger partial charge in [-0.05, 0) is 20.3 Å². The minimum absolute atomic E-state index is 0.0394. The maximum absolute atomic E-state index is 11.9. The summed E-state index contributed by atoms with van der Waals surface area (Å²) in [6.45, 7) is 6.73. The first-order valence-electron chi connectivity index (χ1n) is 8.09. The van der Waals surface area contributed by atoms with Gasteiger partial charge in [-0.15, -0.1) is 0 Å². The second-order valence-electron chi connectivity index (χ2n) is 6.26. The third-order valence-corrected chi connectivity index (χ3v) is 4.17. The fourth-order valence-corrected chi connectivity index (χ4v) is 2.71. The summed E-state index contributed by atoms with van der Waals surface area (Å²) in [7, 11) is 0. The van der Waals surface area contributed by atoms with Gasteiger partial charge in [0.1, 0.15) is 5.54 Å². The maximum Gasteiger partial charge on any atom is 0.245 e. The number of nitrogens with zero attached hydrogens (tertiary/aromatic N) is 1. The monoisotopic (exact) mass is 282 g/mol. The maximum atomic E-state index is 11.9. The van der Waals surface area contributed by atoms with Crippen LogP contribution in [0.5, 0.6) is 0 Å². The van der Waals surface area contributed by atoms with Gasteiger partial charge in [0.25, 0.3) is 0 Å². The summed E-state index contributed by atoms with van der Waals surface area (Å²) >= 11 is 0. The number of nitrogens with one attached hydrogen (secondary N) is 1. The third-order valence-electron chi connectivity index (χ3n) is 4.17. The Morgan fingerprint density at radius 2 is 1.55 bits per heavy atom. The van der Waals surface area contributed by atoms with Crippen LogP contribution in [0.2, 0.25) is 0 Å². The van der Waals surface area contributed by atoms with Crippen molar-refractivity contribution in [2.75, 3.05) is 13.1 Å². The number of unbranched alkanes of at least 4 members (excludes halogenated alkanes) is 7. The van der Waals surface area contributed by atoms with E-state index in [0.717, 1.165) is 12.8 Å². The van der Waals surface area contributed by atoms with Crippen LogP contribution in [-0.4, -0.2) is 35.3 Å². The van der Waals surface area contributed by atoms with Crippen LogP contribution in [0, 0.1) is 0 Å². The van der Waals surface area contributed by atoms with Crippen LogP contribution >= 0.6 is 0 Å². The van der Waals surface area contributed by atoms with Crippen molar-refractivity contribution < 1.29 is 9.59 Å². The fraction of sp³-hybridized carbons (Fsp3) is 0.875.